The van der Waals surface area contributed by atoms with Gasteiger partial charge >= 0.3 is 27.6 Å². The summed E-state index contributed by atoms with van der Waals surface area (Å²) < 4.78 is 47.6. The summed E-state index contributed by atoms with van der Waals surface area (Å²) in [6.07, 6.45) is 16.2. The molecule has 16 nitrogen and oxygen atoms in total. The van der Waals surface area contributed by atoms with Gasteiger partial charge in [0.2, 0.25) is 0 Å². The third-order valence-electron chi connectivity index (χ3n) is 9.61. The van der Waals surface area contributed by atoms with Crippen LogP contribution in [0.3, 0.4) is 0 Å². The van der Waals surface area contributed by atoms with Gasteiger partial charge in [-0.2, -0.15) is 0 Å². The highest BCUT2D eigenvalue weighted by molar-refractivity contribution is 7.47. The number of phosphoric ester groups is 2. The number of ether oxygens (including phenoxy) is 2. The Bertz CT molecular complexity index is 1240. The van der Waals surface area contributed by atoms with E-state index in [1.165, 1.54) is 38.2 Å². The van der Waals surface area contributed by atoms with Crippen molar-refractivity contribution in [3.63, 3.8) is 0 Å². The maximum absolute atomic E-state index is 12.8. The van der Waals surface area contributed by atoms with Gasteiger partial charge in [0.05, 0.1) is 44.6 Å². The average Bonchev–Trinajstić information content (AvgIpc) is 3.41. The van der Waals surface area contributed by atoms with Crippen LogP contribution in [0.25, 0.3) is 0 Å². The highest BCUT2D eigenvalue weighted by Crippen LogP contribution is 2.44. The molecule has 1 rings (SSSR count). The number of hydrogen-bond donors (Lipinski definition) is 7. The van der Waals surface area contributed by atoms with E-state index < -0.39 is 84.5 Å². The number of phosphoric acid groups is 2. The maximum atomic E-state index is 12.8. The lowest BCUT2D eigenvalue weighted by Crippen LogP contribution is -2.29. The molecule has 0 amide bonds. The van der Waals surface area contributed by atoms with E-state index in [1.807, 2.05) is 0 Å². The van der Waals surface area contributed by atoms with Crippen molar-refractivity contribution in [1.82, 2.24) is 0 Å². The van der Waals surface area contributed by atoms with Crippen LogP contribution in [-0.4, -0.2) is 104 Å². The van der Waals surface area contributed by atoms with Crippen LogP contribution in [0, 0.1) is 17.8 Å². The molecule has 0 saturated heterocycles. The molecule has 0 radical (unpaired) electrons. The summed E-state index contributed by atoms with van der Waals surface area (Å²) in [5, 5.41) is 41.1. The standard InChI is InChI=1S/C39H72O16P2/c1-4-5-13-19-31(40)23-24-35-34(36(42)25-37(35)43)20-16-17-22-39(45)55-33(29-54-57(49,50)53-27-32(41)26-52-56(46,47)48)28-51-38(44)21-15-12-10-8-6-7-9-11-14-18-30(2)3/h16-17,23-24,30-37,40-43H,4-15,18-22,25-29H2,1-3H3,(H,49,50)(H2,46,47,48)/b17-16-,24-23+/t31-,32+,33-,34+,35-,36+,37-/m1/s1. The largest absolute Gasteiger partial charge is 0.472 e. The molecule has 0 bridgehead atoms. The Morgan fingerprint density at radius 3 is 1.96 bits per heavy atom. The lowest BCUT2D eigenvalue weighted by molar-refractivity contribution is -0.160. The first-order chi connectivity index (χ1) is 26.9. The molecule has 334 valence electrons. The van der Waals surface area contributed by atoms with Crippen molar-refractivity contribution in [3.8, 4) is 0 Å². The quantitative estimate of drug-likeness (QED) is 0.0165. The first kappa shape index (κ1) is 53.5. The molecule has 8 atom stereocenters. The normalized spacial score (nSPS) is 21.6. The van der Waals surface area contributed by atoms with Crippen LogP contribution in [0.2, 0.25) is 0 Å². The minimum absolute atomic E-state index is 0.130. The number of carbonyl (C=O) groups is 2. The summed E-state index contributed by atoms with van der Waals surface area (Å²) >= 11 is 0. The molecule has 57 heavy (non-hydrogen) atoms. The molecule has 0 heterocycles. The van der Waals surface area contributed by atoms with Crippen LogP contribution in [-0.2, 0) is 41.8 Å². The predicted octanol–water partition coefficient (Wildman–Crippen LogP) is 6.18. The minimum Gasteiger partial charge on any atom is -0.462 e. The molecule has 7 N–H and O–H groups in total. The van der Waals surface area contributed by atoms with E-state index in [2.05, 4.69) is 29.8 Å². The molecule has 0 aromatic carbocycles. The van der Waals surface area contributed by atoms with Gasteiger partial charge in [-0.1, -0.05) is 122 Å². The number of carbonyl (C=O) groups excluding carboxylic acids is 2. The predicted molar refractivity (Wildman–Crippen MR) is 213 cm³/mol. The maximum Gasteiger partial charge on any atom is 0.472 e. The zero-order valence-corrected chi connectivity index (χ0v) is 36.0. The Morgan fingerprint density at radius 2 is 1.33 bits per heavy atom. The van der Waals surface area contributed by atoms with Crippen LogP contribution in [0.4, 0.5) is 0 Å². The van der Waals surface area contributed by atoms with E-state index in [0.29, 0.717) is 19.3 Å². The van der Waals surface area contributed by atoms with Crippen LogP contribution in [0.1, 0.15) is 136 Å². The Morgan fingerprint density at radius 1 is 0.737 bits per heavy atom. The number of aliphatic hydroxyl groups is 4. The van der Waals surface area contributed by atoms with Gasteiger partial charge in [-0.05, 0) is 31.1 Å². The summed E-state index contributed by atoms with van der Waals surface area (Å²) in [7, 11) is -9.80. The molecule has 1 saturated carbocycles. The van der Waals surface area contributed by atoms with Crippen molar-refractivity contribution >= 4 is 27.6 Å². The fraction of sp³-hybridized carbons (Fsp3) is 0.846. The molecule has 1 aliphatic carbocycles. The van der Waals surface area contributed by atoms with Crippen molar-refractivity contribution in [2.75, 3.05) is 26.4 Å². The van der Waals surface area contributed by atoms with E-state index in [1.54, 1.807) is 18.2 Å². The van der Waals surface area contributed by atoms with E-state index in [0.717, 1.165) is 50.9 Å². The van der Waals surface area contributed by atoms with Gasteiger partial charge in [0.25, 0.3) is 0 Å². The van der Waals surface area contributed by atoms with Crippen molar-refractivity contribution in [1.29, 1.82) is 0 Å². The second-order valence-electron chi connectivity index (χ2n) is 15.4. The second-order valence-corrected chi connectivity index (χ2v) is 18.1. The number of aliphatic hydroxyl groups excluding tert-OH is 4. The molecule has 0 aromatic heterocycles. The zero-order chi connectivity index (χ0) is 42.7. The first-order valence-corrected chi connectivity index (χ1v) is 23.7. The average molecular weight is 859 g/mol. The van der Waals surface area contributed by atoms with Gasteiger partial charge in [-0.15, -0.1) is 0 Å². The molecule has 1 unspecified atom stereocenters. The van der Waals surface area contributed by atoms with Gasteiger partial charge in [0, 0.05) is 18.8 Å². The lowest BCUT2D eigenvalue weighted by atomic mass is 9.89. The topological polar surface area (TPSA) is 256 Å². The Hall–Kier alpha value is -1.52. The van der Waals surface area contributed by atoms with Crippen molar-refractivity contribution in [2.24, 2.45) is 17.8 Å². The van der Waals surface area contributed by atoms with Crippen LogP contribution < -0.4 is 0 Å². The number of unbranched alkanes of at least 4 members (excludes halogenated alkanes) is 10. The minimum atomic E-state index is -4.90. The molecule has 1 fully saturated rings. The third-order valence-corrected chi connectivity index (χ3v) is 11.0. The Labute approximate surface area is 339 Å². The fourth-order valence-electron chi connectivity index (χ4n) is 6.39. The van der Waals surface area contributed by atoms with Gasteiger partial charge in [0.1, 0.15) is 12.7 Å². The monoisotopic (exact) mass is 858 g/mol. The number of allylic oxidation sites excluding steroid dienone is 1. The third kappa shape index (κ3) is 28.6. The summed E-state index contributed by atoms with van der Waals surface area (Å²) in [6.45, 7) is 3.53. The molecule has 0 aliphatic heterocycles. The van der Waals surface area contributed by atoms with Crippen molar-refractivity contribution < 1.29 is 76.9 Å². The van der Waals surface area contributed by atoms with Crippen LogP contribution >= 0.6 is 15.6 Å². The SMILES string of the molecule is CCCCC[C@@H](O)/C=C/[C@@H]1[C@H](C/C=C\CC(=O)O[C@H](COC(=O)CCCCCCCCCCCC(C)C)COP(=O)(O)OC[C@@H](O)COP(=O)(O)O)[C@@H](O)C[C@H]1O. The highest BCUT2D eigenvalue weighted by atomic mass is 31.2. The van der Waals surface area contributed by atoms with Crippen LogP contribution in [0.15, 0.2) is 24.3 Å². The second kappa shape index (κ2) is 30.5. The Kier molecular flexibility index (Phi) is 28.6. The molecule has 1 aliphatic rings. The Balaban J connectivity index is 2.68. The van der Waals surface area contributed by atoms with Gasteiger partial charge in [0.15, 0.2) is 6.10 Å². The summed E-state index contributed by atoms with van der Waals surface area (Å²) in [4.78, 5) is 52.8. The summed E-state index contributed by atoms with van der Waals surface area (Å²) in [5.41, 5.74) is 0. The van der Waals surface area contributed by atoms with Gasteiger partial charge in [-0.25, -0.2) is 9.13 Å². The smallest absolute Gasteiger partial charge is 0.462 e. The first-order valence-electron chi connectivity index (χ1n) is 20.6. The number of esters is 2. The number of rotatable bonds is 34. The van der Waals surface area contributed by atoms with E-state index >= 15 is 0 Å². The molecular weight excluding hydrogens is 786 g/mol. The molecular formula is C39H72O16P2. The molecule has 18 heteroatoms. The van der Waals surface area contributed by atoms with Gasteiger partial charge in [-0.3, -0.25) is 23.2 Å². The van der Waals surface area contributed by atoms with Crippen LogP contribution in [0.5, 0.6) is 0 Å². The fourth-order valence-corrected chi connectivity index (χ4v) is 7.55. The summed E-state index contributed by atoms with van der Waals surface area (Å²) in [6, 6.07) is 0. The highest BCUT2D eigenvalue weighted by Gasteiger charge is 2.39. The van der Waals surface area contributed by atoms with E-state index in [-0.39, 0.29) is 31.1 Å². The molecule has 0 spiro atoms. The van der Waals surface area contributed by atoms with Crippen molar-refractivity contribution in [3.05, 3.63) is 24.3 Å². The van der Waals surface area contributed by atoms with Crippen molar-refractivity contribution in [2.45, 2.75) is 167 Å². The zero-order valence-electron chi connectivity index (χ0n) is 34.2. The molecule has 0 aromatic rings. The lowest BCUT2D eigenvalue weighted by Gasteiger charge is -2.20. The summed E-state index contributed by atoms with van der Waals surface area (Å²) in [5.74, 6) is -1.33. The van der Waals surface area contributed by atoms with E-state index in [4.69, 9.17) is 23.8 Å². The number of hydrogen-bond acceptors (Lipinski definition) is 13. The van der Waals surface area contributed by atoms with Gasteiger partial charge < -0.3 is 44.6 Å². The van der Waals surface area contributed by atoms with E-state index in [9.17, 15) is 44.0 Å².